The summed E-state index contributed by atoms with van der Waals surface area (Å²) < 4.78 is 25.6. The minimum Gasteiger partial charge on any atom is -0.341 e. The number of hydrogen-bond donors (Lipinski definition) is 2. The molecule has 0 aromatic heterocycles. The first kappa shape index (κ1) is 15.6. The molecule has 2 amide bonds. The fraction of sp³-hybridized carbons (Fsp3) is 0.125. The Kier molecular flexibility index (Phi) is 4.83. The van der Waals surface area contributed by atoms with Crippen molar-refractivity contribution < 1.29 is 18.4 Å². The molecule has 22 heavy (non-hydrogen) atoms. The molecule has 0 aliphatic carbocycles. The van der Waals surface area contributed by atoms with Gasteiger partial charge in [0.15, 0.2) is 0 Å². The SMILES string of the molecule is C[C@H](NC(=O)c1ccc(F)cc1)C(=O)Nc1ccc(F)cc1. The van der Waals surface area contributed by atoms with Crippen molar-refractivity contribution in [3.8, 4) is 0 Å². The normalized spacial score (nSPS) is 11.6. The van der Waals surface area contributed by atoms with Crippen LogP contribution in [0.1, 0.15) is 17.3 Å². The lowest BCUT2D eigenvalue weighted by molar-refractivity contribution is -0.117. The maximum Gasteiger partial charge on any atom is 0.251 e. The van der Waals surface area contributed by atoms with E-state index in [1.807, 2.05) is 0 Å². The van der Waals surface area contributed by atoms with Crippen LogP contribution in [0.25, 0.3) is 0 Å². The molecule has 4 nitrogen and oxygen atoms in total. The van der Waals surface area contributed by atoms with E-state index in [9.17, 15) is 18.4 Å². The molecule has 1 atom stereocenters. The molecule has 0 fully saturated rings. The second kappa shape index (κ2) is 6.80. The van der Waals surface area contributed by atoms with Crippen molar-refractivity contribution in [2.24, 2.45) is 0 Å². The van der Waals surface area contributed by atoms with Crippen LogP contribution < -0.4 is 10.6 Å². The van der Waals surface area contributed by atoms with Crippen molar-refractivity contribution in [1.29, 1.82) is 0 Å². The molecule has 0 unspecified atom stereocenters. The van der Waals surface area contributed by atoms with E-state index in [4.69, 9.17) is 0 Å². The van der Waals surface area contributed by atoms with Crippen LogP contribution in [-0.4, -0.2) is 17.9 Å². The molecular weight excluding hydrogens is 290 g/mol. The summed E-state index contributed by atoms with van der Waals surface area (Å²) >= 11 is 0. The van der Waals surface area contributed by atoms with Gasteiger partial charge in [-0.2, -0.15) is 0 Å². The van der Waals surface area contributed by atoms with Crippen LogP contribution in [0.5, 0.6) is 0 Å². The summed E-state index contributed by atoms with van der Waals surface area (Å²) in [6, 6.07) is 9.46. The molecule has 2 aromatic carbocycles. The summed E-state index contributed by atoms with van der Waals surface area (Å²) in [7, 11) is 0. The van der Waals surface area contributed by atoms with Gasteiger partial charge >= 0.3 is 0 Å². The second-order valence-electron chi connectivity index (χ2n) is 4.70. The number of carbonyl (C=O) groups is 2. The third-order valence-electron chi connectivity index (χ3n) is 2.96. The summed E-state index contributed by atoms with van der Waals surface area (Å²) in [5.74, 6) is -1.78. The highest BCUT2D eigenvalue weighted by atomic mass is 19.1. The van der Waals surface area contributed by atoms with E-state index >= 15 is 0 Å². The Morgan fingerprint density at radius 3 is 1.95 bits per heavy atom. The number of amides is 2. The number of hydrogen-bond acceptors (Lipinski definition) is 2. The highest BCUT2D eigenvalue weighted by Gasteiger charge is 2.16. The van der Waals surface area contributed by atoms with Gasteiger partial charge in [0.2, 0.25) is 5.91 Å². The first-order valence-electron chi connectivity index (χ1n) is 6.58. The summed E-state index contributed by atoms with van der Waals surface area (Å²) in [5, 5.41) is 5.05. The number of benzene rings is 2. The van der Waals surface area contributed by atoms with Gasteiger partial charge in [-0.05, 0) is 55.5 Å². The molecular formula is C16H14F2N2O2. The van der Waals surface area contributed by atoms with E-state index in [-0.39, 0.29) is 5.56 Å². The van der Waals surface area contributed by atoms with Gasteiger partial charge in [-0.3, -0.25) is 9.59 Å². The van der Waals surface area contributed by atoms with Gasteiger partial charge in [0.05, 0.1) is 0 Å². The number of anilines is 1. The number of rotatable bonds is 4. The maximum absolute atomic E-state index is 12.8. The van der Waals surface area contributed by atoms with Crippen LogP contribution in [0.2, 0.25) is 0 Å². The van der Waals surface area contributed by atoms with E-state index in [1.165, 1.54) is 43.3 Å². The molecule has 0 radical (unpaired) electrons. The number of nitrogens with one attached hydrogen (secondary N) is 2. The zero-order valence-corrected chi connectivity index (χ0v) is 11.8. The summed E-state index contributed by atoms with van der Waals surface area (Å²) in [6.07, 6.45) is 0. The van der Waals surface area contributed by atoms with Gasteiger partial charge in [0, 0.05) is 11.3 Å². The molecule has 2 N–H and O–H groups in total. The van der Waals surface area contributed by atoms with Crippen molar-refractivity contribution in [3.05, 3.63) is 65.7 Å². The van der Waals surface area contributed by atoms with Gasteiger partial charge in [-0.25, -0.2) is 8.78 Å². The molecule has 0 aliphatic heterocycles. The van der Waals surface area contributed by atoms with Gasteiger partial charge in [0.25, 0.3) is 5.91 Å². The minimum absolute atomic E-state index is 0.253. The van der Waals surface area contributed by atoms with Crippen LogP contribution in [0.4, 0.5) is 14.5 Å². The van der Waals surface area contributed by atoms with Crippen LogP contribution in [-0.2, 0) is 4.79 Å². The van der Waals surface area contributed by atoms with E-state index in [1.54, 1.807) is 0 Å². The molecule has 0 saturated heterocycles. The van der Waals surface area contributed by atoms with Crippen molar-refractivity contribution in [2.45, 2.75) is 13.0 Å². The van der Waals surface area contributed by atoms with Crippen molar-refractivity contribution >= 4 is 17.5 Å². The lowest BCUT2D eigenvalue weighted by Gasteiger charge is -2.14. The molecule has 0 spiro atoms. The largest absolute Gasteiger partial charge is 0.341 e. The fourth-order valence-electron chi connectivity index (χ4n) is 1.73. The number of carbonyl (C=O) groups excluding carboxylic acids is 2. The minimum atomic E-state index is -0.803. The second-order valence-corrected chi connectivity index (χ2v) is 4.70. The molecule has 114 valence electrons. The van der Waals surface area contributed by atoms with Crippen LogP contribution in [0, 0.1) is 11.6 Å². The Morgan fingerprint density at radius 1 is 0.909 bits per heavy atom. The Balaban J connectivity index is 1.94. The molecule has 2 aromatic rings. The van der Waals surface area contributed by atoms with E-state index in [0.717, 1.165) is 12.1 Å². The molecule has 0 aliphatic rings. The van der Waals surface area contributed by atoms with Crippen LogP contribution in [0.3, 0.4) is 0 Å². The summed E-state index contributed by atoms with van der Waals surface area (Å²) in [6.45, 7) is 1.51. The van der Waals surface area contributed by atoms with Crippen LogP contribution in [0.15, 0.2) is 48.5 Å². The van der Waals surface area contributed by atoms with Gasteiger partial charge < -0.3 is 10.6 Å². The monoisotopic (exact) mass is 304 g/mol. The summed E-state index contributed by atoms with van der Waals surface area (Å²) in [5.41, 5.74) is 0.678. The van der Waals surface area contributed by atoms with Gasteiger partial charge in [-0.1, -0.05) is 0 Å². The van der Waals surface area contributed by atoms with Crippen LogP contribution >= 0.6 is 0 Å². The maximum atomic E-state index is 12.8. The van der Waals surface area contributed by atoms with E-state index < -0.39 is 29.5 Å². The number of halogens is 2. The Labute approximate surface area is 126 Å². The van der Waals surface area contributed by atoms with Crippen molar-refractivity contribution in [2.75, 3.05) is 5.32 Å². The average molecular weight is 304 g/mol. The Bertz CT molecular complexity index is 670. The van der Waals surface area contributed by atoms with E-state index in [2.05, 4.69) is 10.6 Å². The molecule has 6 heteroatoms. The predicted molar refractivity (Wildman–Crippen MR) is 78.4 cm³/mol. The lowest BCUT2D eigenvalue weighted by Crippen LogP contribution is -2.41. The highest BCUT2D eigenvalue weighted by molar-refractivity contribution is 6.00. The summed E-state index contributed by atoms with van der Waals surface area (Å²) in [4.78, 5) is 23.8. The van der Waals surface area contributed by atoms with Crippen molar-refractivity contribution in [3.63, 3.8) is 0 Å². The quantitative estimate of drug-likeness (QED) is 0.912. The molecule has 0 bridgehead atoms. The molecule has 0 heterocycles. The highest BCUT2D eigenvalue weighted by Crippen LogP contribution is 2.09. The first-order valence-corrected chi connectivity index (χ1v) is 6.58. The molecule has 0 saturated carbocycles. The zero-order chi connectivity index (χ0) is 16.1. The Morgan fingerprint density at radius 2 is 1.41 bits per heavy atom. The van der Waals surface area contributed by atoms with Gasteiger partial charge in [-0.15, -0.1) is 0 Å². The van der Waals surface area contributed by atoms with Gasteiger partial charge in [0.1, 0.15) is 17.7 Å². The lowest BCUT2D eigenvalue weighted by atomic mass is 10.2. The fourth-order valence-corrected chi connectivity index (χ4v) is 1.73. The third kappa shape index (κ3) is 4.12. The zero-order valence-electron chi connectivity index (χ0n) is 11.8. The smallest absolute Gasteiger partial charge is 0.251 e. The Hall–Kier alpha value is -2.76. The average Bonchev–Trinajstić information content (AvgIpc) is 2.50. The molecule has 2 rings (SSSR count). The van der Waals surface area contributed by atoms with E-state index in [0.29, 0.717) is 5.69 Å². The standard InChI is InChI=1S/C16H14F2N2O2/c1-10(15(21)20-14-8-6-13(18)7-9-14)19-16(22)11-2-4-12(17)5-3-11/h2-10H,1H3,(H,19,22)(H,20,21)/t10-/m0/s1. The predicted octanol–water partition coefficient (Wildman–Crippen LogP) is 2.72. The first-order chi connectivity index (χ1) is 10.5. The van der Waals surface area contributed by atoms with Crippen molar-refractivity contribution in [1.82, 2.24) is 5.32 Å². The third-order valence-corrected chi connectivity index (χ3v) is 2.96. The topological polar surface area (TPSA) is 58.2 Å².